The van der Waals surface area contributed by atoms with Gasteiger partial charge in [0, 0.05) is 5.56 Å². The maximum absolute atomic E-state index is 14.2. The molecule has 7 nitrogen and oxygen atoms in total. The lowest BCUT2D eigenvalue weighted by Crippen LogP contribution is -2.57. The van der Waals surface area contributed by atoms with E-state index in [1.807, 2.05) is 24.3 Å². The Balaban J connectivity index is 1.26. The molecule has 0 aromatic heterocycles. The molecule has 2 aliphatic heterocycles. The fraction of sp³-hybridized carbons (Fsp3) is 0.385. The molecule has 34 heavy (non-hydrogen) atoms. The Morgan fingerprint density at radius 2 is 1.82 bits per heavy atom. The molecule has 3 atom stereocenters. The summed E-state index contributed by atoms with van der Waals surface area (Å²) in [6.07, 6.45) is 4.42. The molecule has 0 radical (unpaired) electrons. The fourth-order valence-corrected chi connectivity index (χ4v) is 4.70. The average Bonchev–Trinajstić information content (AvgIpc) is 2.86. The number of rotatable bonds is 5. The van der Waals surface area contributed by atoms with E-state index in [0.29, 0.717) is 18.1 Å². The van der Waals surface area contributed by atoms with Crippen molar-refractivity contribution in [3.8, 4) is 11.5 Å². The molecule has 1 saturated heterocycles. The summed E-state index contributed by atoms with van der Waals surface area (Å²) in [4.78, 5) is 27.6. The van der Waals surface area contributed by atoms with Crippen molar-refractivity contribution in [3.63, 3.8) is 0 Å². The van der Waals surface area contributed by atoms with Gasteiger partial charge in [-0.1, -0.05) is 36.8 Å². The number of hydrogen-bond acceptors (Lipinski definition) is 5. The summed E-state index contributed by atoms with van der Waals surface area (Å²) >= 11 is 0. The van der Waals surface area contributed by atoms with Gasteiger partial charge in [-0.2, -0.15) is 0 Å². The Morgan fingerprint density at radius 1 is 1.06 bits per heavy atom. The van der Waals surface area contributed by atoms with Crippen molar-refractivity contribution in [1.82, 2.24) is 10.2 Å². The number of benzene rings is 2. The fourth-order valence-electron chi connectivity index (χ4n) is 4.70. The number of fused-ring (bicyclic) bond motifs is 2. The predicted molar refractivity (Wildman–Crippen MR) is 123 cm³/mol. The highest BCUT2D eigenvalue weighted by atomic mass is 19.1. The third-order valence-corrected chi connectivity index (χ3v) is 6.42. The summed E-state index contributed by atoms with van der Waals surface area (Å²) in [7, 11) is 0. The summed E-state index contributed by atoms with van der Waals surface area (Å²) in [6.45, 7) is 0.494. The Labute approximate surface area is 197 Å². The zero-order chi connectivity index (χ0) is 23.5. The molecule has 5 rings (SSSR count). The van der Waals surface area contributed by atoms with Crippen molar-refractivity contribution in [2.24, 2.45) is 0 Å². The van der Waals surface area contributed by atoms with Crippen molar-refractivity contribution in [1.29, 1.82) is 0 Å². The van der Waals surface area contributed by atoms with E-state index < -0.39 is 11.7 Å². The number of amides is 2. The first-order valence-electron chi connectivity index (χ1n) is 11.7. The number of hydrogen-bond donors (Lipinski definition) is 1. The van der Waals surface area contributed by atoms with E-state index >= 15 is 0 Å². The minimum absolute atomic E-state index is 0.0710. The molecule has 2 heterocycles. The maximum Gasteiger partial charge on any atom is 0.289 e. The van der Waals surface area contributed by atoms with Crippen molar-refractivity contribution in [3.05, 3.63) is 65.7 Å². The summed E-state index contributed by atoms with van der Waals surface area (Å²) < 4.78 is 31.7. The maximum atomic E-state index is 14.2. The largest absolute Gasteiger partial charge is 0.486 e. The number of halogens is 1. The first-order valence-corrected chi connectivity index (χ1v) is 11.7. The SMILES string of the molecule is O=C(CN1C(=O)/C(=C/c2ccccc2F)OC2CCCCC21)NCC1COc2ccccc2O1. The topological polar surface area (TPSA) is 77.1 Å². The zero-order valence-corrected chi connectivity index (χ0v) is 18.7. The normalized spacial score (nSPS) is 24.9. The monoisotopic (exact) mass is 466 g/mol. The van der Waals surface area contributed by atoms with Crippen LogP contribution in [0, 0.1) is 5.82 Å². The number of nitrogens with one attached hydrogen (secondary N) is 1. The van der Waals surface area contributed by atoms with Gasteiger partial charge >= 0.3 is 0 Å². The Bertz CT molecular complexity index is 1100. The van der Waals surface area contributed by atoms with Gasteiger partial charge in [0.1, 0.15) is 31.2 Å². The molecule has 1 saturated carbocycles. The van der Waals surface area contributed by atoms with Gasteiger partial charge in [-0.3, -0.25) is 9.59 Å². The molecular weight excluding hydrogens is 439 g/mol. The van der Waals surface area contributed by atoms with Crippen molar-refractivity contribution in [2.45, 2.75) is 43.9 Å². The van der Waals surface area contributed by atoms with Crippen molar-refractivity contribution in [2.75, 3.05) is 19.7 Å². The predicted octanol–water partition coefficient (Wildman–Crippen LogP) is 3.29. The van der Waals surface area contributed by atoms with Crippen LogP contribution < -0.4 is 14.8 Å². The molecule has 2 amide bonds. The second-order valence-corrected chi connectivity index (χ2v) is 8.77. The smallest absolute Gasteiger partial charge is 0.289 e. The average molecular weight is 467 g/mol. The highest BCUT2D eigenvalue weighted by molar-refractivity contribution is 5.98. The van der Waals surface area contributed by atoms with E-state index in [4.69, 9.17) is 14.2 Å². The second kappa shape index (κ2) is 9.75. The second-order valence-electron chi connectivity index (χ2n) is 8.77. The standard InChI is InChI=1S/C26H27FN2O5/c27-19-8-2-1-7-17(19)13-24-26(31)29(20-9-3-4-10-21(20)34-24)15-25(30)28-14-18-16-32-22-11-5-6-12-23(22)33-18/h1-2,5-8,11-13,18,20-21H,3-4,9-10,14-16H2,(H,28,30)/b24-13-. The van der Waals surface area contributed by atoms with Crippen molar-refractivity contribution < 1.29 is 28.2 Å². The Kier molecular flexibility index (Phi) is 6.38. The minimum Gasteiger partial charge on any atom is -0.486 e. The van der Waals surface area contributed by atoms with Gasteiger partial charge in [0.25, 0.3) is 5.91 Å². The summed E-state index contributed by atoms with van der Waals surface area (Å²) in [6, 6.07) is 13.4. The Morgan fingerprint density at radius 3 is 2.68 bits per heavy atom. The molecule has 2 aromatic carbocycles. The summed E-state index contributed by atoms with van der Waals surface area (Å²) in [5, 5.41) is 2.86. The minimum atomic E-state index is -0.433. The molecule has 3 aliphatic rings. The molecule has 2 aromatic rings. The van der Waals surface area contributed by atoms with E-state index in [-0.39, 0.29) is 48.6 Å². The molecule has 0 spiro atoms. The molecule has 3 unspecified atom stereocenters. The van der Waals surface area contributed by atoms with E-state index in [1.165, 1.54) is 12.1 Å². The van der Waals surface area contributed by atoms with Crippen LogP contribution in [0.4, 0.5) is 4.39 Å². The van der Waals surface area contributed by atoms with Gasteiger partial charge in [0.15, 0.2) is 17.3 Å². The van der Waals surface area contributed by atoms with Crippen LogP contribution in [0.25, 0.3) is 6.08 Å². The highest BCUT2D eigenvalue weighted by Gasteiger charge is 2.42. The van der Waals surface area contributed by atoms with E-state index in [0.717, 1.165) is 25.7 Å². The van der Waals surface area contributed by atoms with Crippen LogP contribution >= 0.6 is 0 Å². The van der Waals surface area contributed by atoms with Gasteiger partial charge < -0.3 is 24.4 Å². The van der Waals surface area contributed by atoms with Gasteiger partial charge in [-0.15, -0.1) is 0 Å². The Hall–Kier alpha value is -3.55. The molecule has 2 fully saturated rings. The highest BCUT2D eigenvalue weighted by Crippen LogP contribution is 2.33. The molecule has 1 aliphatic carbocycles. The van der Waals surface area contributed by atoms with E-state index in [2.05, 4.69) is 5.32 Å². The molecule has 1 N–H and O–H groups in total. The number of para-hydroxylation sites is 2. The van der Waals surface area contributed by atoms with Crippen LogP contribution in [0.5, 0.6) is 11.5 Å². The van der Waals surface area contributed by atoms with Crippen LogP contribution in [0.1, 0.15) is 31.2 Å². The first kappa shape index (κ1) is 22.3. The van der Waals surface area contributed by atoms with Gasteiger partial charge in [0.05, 0.1) is 12.6 Å². The number of nitrogens with zero attached hydrogens (tertiary/aromatic N) is 1. The van der Waals surface area contributed by atoms with Crippen LogP contribution in [-0.4, -0.2) is 54.7 Å². The van der Waals surface area contributed by atoms with Crippen molar-refractivity contribution >= 4 is 17.9 Å². The molecule has 178 valence electrons. The lowest BCUT2D eigenvalue weighted by atomic mass is 9.89. The van der Waals surface area contributed by atoms with Gasteiger partial charge in [-0.05, 0) is 43.5 Å². The molecular formula is C26H27FN2O5. The number of morpholine rings is 1. The quantitative estimate of drug-likeness (QED) is 0.685. The van der Waals surface area contributed by atoms with Gasteiger partial charge in [0.2, 0.25) is 5.91 Å². The number of ether oxygens (including phenoxy) is 3. The zero-order valence-electron chi connectivity index (χ0n) is 18.7. The summed E-state index contributed by atoms with van der Waals surface area (Å²) in [5.74, 6) is 0.283. The number of carbonyl (C=O) groups is 2. The molecule has 0 bridgehead atoms. The lowest BCUT2D eigenvalue weighted by molar-refractivity contribution is -0.151. The summed E-state index contributed by atoms with van der Waals surface area (Å²) in [5.41, 5.74) is 0.277. The number of carbonyl (C=O) groups excluding carboxylic acids is 2. The van der Waals surface area contributed by atoms with Crippen LogP contribution in [0.3, 0.4) is 0 Å². The van der Waals surface area contributed by atoms with Gasteiger partial charge in [-0.25, -0.2) is 4.39 Å². The molecule has 8 heteroatoms. The first-order chi connectivity index (χ1) is 16.6. The third-order valence-electron chi connectivity index (χ3n) is 6.42. The van der Waals surface area contributed by atoms with E-state index in [1.54, 1.807) is 23.1 Å². The third kappa shape index (κ3) is 4.71. The van der Waals surface area contributed by atoms with Crippen LogP contribution in [0.15, 0.2) is 54.3 Å². The lowest BCUT2D eigenvalue weighted by Gasteiger charge is -2.44. The van der Waals surface area contributed by atoms with Crippen LogP contribution in [0.2, 0.25) is 0 Å². The van der Waals surface area contributed by atoms with Crippen LogP contribution in [-0.2, 0) is 14.3 Å². The van der Waals surface area contributed by atoms with E-state index in [9.17, 15) is 14.0 Å².